The number of nitrogens with zero attached hydrogens (tertiary/aromatic N) is 3. The predicted molar refractivity (Wildman–Crippen MR) is 68.0 cm³/mol. The van der Waals surface area contributed by atoms with Crippen molar-refractivity contribution in [2.75, 3.05) is 0 Å². The van der Waals surface area contributed by atoms with Crippen LogP contribution in [0.2, 0.25) is 0 Å². The zero-order chi connectivity index (χ0) is 13.9. The first-order chi connectivity index (χ1) is 9.30. The van der Waals surface area contributed by atoms with E-state index in [4.69, 9.17) is 0 Å². The second-order valence-corrected chi connectivity index (χ2v) is 4.71. The van der Waals surface area contributed by atoms with Gasteiger partial charge < -0.3 is 0 Å². The molecule has 2 atom stereocenters. The molecule has 102 valence electrons. The molecule has 1 aliphatic rings. The van der Waals surface area contributed by atoms with Gasteiger partial charge in [0.05, 0.1) is 18.1 Å². The van der Waals surface area contributed by atoms with Gasteiger partial charge in [0, 0.05) is 0 Å². The molecule has 0 saturated heterocycles. The van der Waals surface area contributed by atoms with E-state index in [1.165, 1.54) is 0 Å². The minimum atomic E-state index is -0.135. The largest absolute Gasteiger partial charge is 0.235 e. The third-order valence-electron chi connectivity index (χ3n) is 3.45. The molecule has 1 saturated carbocycles. The van der Waals surface area contributed by atoms with E-state index in [0.29, 0.717) is 25.7 Å². The molecular formula is C13H17N3O3. The number of hydrogen-bond acceptors (Lipinski definition) is 6. The van der Waals surface area contributed by atoms with E-state index in [9.17, 15) is 14.4 Å². The number of aliphatic imine (C=N–C) groups is 3. The van der Waals surface area contributed by atoms with Crippen molar-refractivity contribution in [3.8, 4) is 0 Å². The van der Waals surface area contributed by atoms with E-state index in [-0.39, 0.29) is 18.1 Å². The Morgan fingerprint density at radius 2 is 0.895 bits per heavy atom. The summed E-state index contributed by atoms with van der Waals surface area (Å²) >= 11 is 0. The average Bonchev–Trinajstić information content (AvgIpc) is 2.41. The summed E-state index contributed by atoms with van der Waals surface area (Å²) in [5.74, 6) is 0. The second kappa shape index (κ2) is 9.12. The Hall–Kier alpha value is -1.86. The molecule has 1 rings (SSSR count). The molecule has 0 bridgehead atoms. The molecule has 0 aromatic heterocycles. The van der Waals surface area contributed by atoms with Crippen LogP contribution in [0.3, 0.4) is 0 Å². The van der Waals surface area contributed by atoms with Gasteiger partial charge in [-0.1, -0.05) is 0 Å². The Kier molecular flexibility index (Phi) is 7.30. The maximum atomic E-state index is 10.4. The van der Waals surface area contributed by atoms with Gasteiger partial charge in [-0.2, -0.15) is 0 Å². The minimum Gasteiger partial charge on any atom is -0.211 e. The van der Waals surface area contributed by atoms with Crippen LogP contribution in [0.1, 0.15) is 44.9 Å². The summed E-state index contributed by atoms with van der Waals surface area (Å²) in [5, 5.41) is 0. The van der Waals surface area contributed by atoms with E-state index in [2.05, 4.69) is 15.0 Å². The lowest BCUT2D eigenvalue weighted by Gasteiger charge is -2.19. The van der Waals surface area contributed by atoms with Crippen molar-refractivity contribution < 1.29 is 14.4 Å². The van der Waals surface area contributed by atoms with Crippen molar-refractivity contribution in [1.29, 1.82) is 0 Å². The fourth-order valence-electron chi connectivity index (χ4n) is 2.40. The first-order valence-corrected chi connectivity index (χ1v) is 6.51. The van der Waals surface area contributed by atoms with Crippen molar-refractivity contribution >= 4 is 18.2 Å². The monoisotopic (exact) mass is 263 g/mol. The van der Waals surface area contributed by atoms with Gasteiger partial charge in [-0.3, -0.25) is 0 Å². The quantitative estimate of drug-likeness (QED) is 0.575. The minimum absolute atomic E-state index is 0.0826. The molecular weight excluding hydrogens is 246 g/mol. The summed E-state index contributed by atoms with van der Waals surface area (Å²) in [6.45, 7) is 0. The molecule has 0 amide bonds. The van der Waals surface area contributed by atoms with Crippen LogP contribution in [0.25, 0.3) is 0 Å². The van der Waals surface area contributed by atoms with Crippen molar-refractivity contribution in [3.63, 3.8) is 0 Å². The maximum absolute atomic E-state index is 10.4. The zero-order valence-electron chi connectivity index (χ0n) is 10.7. The molecule has 0 aromatic carbocycles. The number of isocyanates is 3. The highest BCUT2D eigenvalue weighted by molar-refractivity contribution is 5.34. The van der Waals surface area contributed by atoms with Crippen molar-refractivity contribution in [3.05, 3.63) is 0 Å². The highest BCUT2D eigenvalue weighted by Gasteiger charge is 2.18. The van der Waals surface area contributed by atoms with Crippen LogP contribution in [0.5, 0.6) is 0 Å². The summed E-state index contributed by atoms with van der Waals surface area (Å²) in [6.07, 6.45) is 9.92. The van der Waals surface area contributed by atoms with Crippen LogP contribution in [0.15, 0.2) is 15.0 Å². The number of carbonyl (C=O) groups excluding carboxylic acids is 3. The van der Waals surface area contributed by atoms with Gasteiger partial charge in [-0.15, -0.1) is 0 Å². The van der Waals surface area contributed by atoms with Gasteiger partial charge in [0.25, 0.3) is 0 Å². The van der Waals surface area contributed by atoms with Gasteiger partial charge in [-0.25, -0.2) is 29.4 Å². The molecule has 0 heterocycles. The fraction of sp³-hybridized carbons (Fsp3) is 0.769. The molecule has 0 radical (unpaired) electrons. The molecule has 0 N–H and O–H groups in total. The van der Waals surface area contributed by atoms with Crippen LogP contribution >= 0.6 is 0 Å². The smallest absolute Gasteiger partial charge is 0.211 e. The lowest BCUT2D eigenvalue weighted by Crippen LogP contribution is -2.17. The van der Waals surface area contributed by atoms with Gasteiger partial charge in [0.1, 0.15) is 0 Å². The maximum Gasteiger partial charge on any atom is 0.235 e. The summed E-state index contributed by atoms with van der Waals surface area (Å²) in [7, 11) is 0. The average molecular weight is 263 g/mol. The van der Waals surface area contributed by atoms with Crippen LogP contribution in [0.4, 0.5) is 0 Å². The van der Waals surface area contributed by atoms with Crippen molar-refractivity contribution in [2.45, 2.75) is 63.1 Å². The van der Waals surface area contributed by atoms with E-state index in [0.717, 1.165) is 19.3 Å². The molecule has 2 unspecified atom stereocenters. The number of hydrogen-bond donors (Lipinski definition) is 0. The molecule has 0 aliphatic heterocycles. The Bertz CT molecular complexity index is 389. The van der Waals surface area contributed by atoms with E-state index in [1.807, 2.05) is 0 Å². The lowest BCUT2D eigenvalue weighted by molar-refractivity contribution is 0.402. The summed E-state index contributed by atoms with van der Waals surface area (Å²) in [6, 6.07) is -0.300. The standard InChI is InChI=1S/C13H17N3O3/c17-8-14-11-2-1-3-12(15-9-18)5-7-13(6-4-11)16-10-19/h11-13H,1-7H2. The third-order valence-corrected chi connectivity index (χ3v) is 3.45. The van der Waals surface area contributed by atoms with Gasteiger partial charge in [-0.05, 0) is 44.9 Å². The summed E-state index contributed by atoms with van der Waals surface area (Å²) < 4.78 is 0. The summed E-state index contributed by atoms with van der Waals surface area (Å²) in [5.41, 5.74) is 0. The van der Waals surface area contributed by atoms with Crippen molar-refractivity contribution in [1.82, 2.24) is 0 Å². The topological polar surface area (TPSA) is 88.3 Å². The lowest BCUT2D eigenvalue weighted by atomic mass is 9.93. The normalized spacial score (nSPS) is 28.1. The summed E-state index contributed by atoms with van der Waals surface area (Å²) in [4.78, 5) is 42.4. The van der Waals surface area contributed by atoms with Crippen LogP contribution in [0, 0.1) is 0 Å². The fourth-order valence-corrected chi connectivity index (χ4v) is 2.40. The van der Waals surface area contributed by atoms with E-state index in [1.54, 1.807) is 18.2 Å². The first kappa shape index (κ1) is 15.2. The Balaban J connectivity index is 2.72. The zero-order valence-corrected chi connectivity index (χ0v) is 10.7. The third kappa shape index (κ3) is 6.03. The molecule has 19 heavy (non-hydrogen) atoms. The Morgan fingerprint density at radius 3 is 1.21 bits per heavy atom. The molecule has 6 nitrogen and oxygen atoms in total. The first-order valence-electron chi connectivity index (χ1n) is 6.51. The van der Waals surface area contributed by atoms with Gasteiger partial charge in [0.2, 0.25) is 18.2 Å². The van der Waals surface area contributed by atoms with Crippen LogP contribution in [-0.2, 0) is 14.4 Å². The van der Waals surface area contributed by atoms with Crippen molar-refractivity contribution in [2.24, 2.45) is 15.0 Å². The highest BCUT2D eigenvalue weighted by atomic mass is 16.1. The van der Waals surface area contributed by atoms with Gasteiger partial charge in [0.15, 0.2) is 0 Å². The molecule has 1 aliphatic carbocycles. The molecule has 6 heteroatoms. The predicted octanol–water partition coefficient (Wildman–Crippen LogP) is 1.84. The van der Waals surface area contributed by atoms with E-state index < -0.39 is 0 Å². The van der Waals surface area contributed by atoms with Gasteiger partial charge >= 0.3 is 0 Å². The highest BCUT2D eigenvalue weighted by Crippen LogP contribution is 2.22. The second-order valence-electron chi connectivity index (χ2n) is 4.71. The van der Waals surface area contributed by atoms with E-state index >= 15 is 0 Å². The van der Waals surface area contributed by atoms with Crippen LogP contribution < -0.4 is 0 Å². The molecule has 0 spiro atoms. The van der Waals surface area contributed by atoms with Crippen LogP contribution in [-0.4, -0.2) is 36.4 Å². The Morgan fingerprint density at radius 1 is 0.579 bits per heavy atom. The molecule has 1 fully saturated rings. The SMILES string of the molecule is O=C=NC1CCCC(N=C=O)CCC(N=C=O)CC1. The Labute approximate surface area is 111 Å². The molecule has 0 aromatic rings. The number of rotatable bonds is 3.